The molecule has 0 saturated carbocycles. The van der Waals surface area contributed by atoms with E-state index < -0.39 is 0 Å². The van der Waals surface area contributed by atoms with Gasteiger partial charge in [0.15, 0.2) is 0 Å². The fourth-order valence-electron chi connectivity index (χ4n) is 2.62. The third-order valence-electron chi connectivity index (χ3n) is 3.86. The molecule has 0 fully saturated rings. The molecule has 4 rings (SSSR count). The standard InChI is InChI=1S/C19H13FN4O/c20-13-6-3-12(4-7-13)5-8-16-14(2-1-9-21-16)17-10-15-18(24-17)22-11-23-19(15)25/h1-11H,(H2,22,23,24,25). The summed E-state index contributed by atoms with van der Waals surface area (Å²) in [4.78, 5) is 26.1. The maximum Gasteiger partial charge on any atom is 0.260 e. The van der Waals surface area contributed by atoms with Crippen molar-refractivity contribution < 1.29 is 4.39 Å². The Morgan fingerprint density at radius 2 is 1.88 bits per heavy atom. The van der Waals surface area contributed by atoms with Gasteiger partial charge in [-0.05, 0) is 42.0 Å². The summed E-state index contributed by atoms with van der Waals surface area (Å²) >= 11 is 0. The van der Waals surface area contributed by atoms with Crippen molar-refractivity contribution in [1.29, 1.82) is 0 Å². The van der Waals surface area contributed by atoms with E-state index in [2.05, 4.69) is 19.9 Å². The van der Waals surface area contributed by atoms with Gasteiger partial charge >= 0.3 is 0 Å². The highest BCUT2D eigenvalue weighted by Crippen LogP contribution is 2.25. The van der Waals surface area contributed by atoms with Gasteiger partial charge in [-0.1, -0.05) is 18.2 Å². The first-order valence-electron chi connectivity index (χ1n) is 7.66. The lowest BCUT2D eigenvalue weighted by molar-refractivity contribution is 0.628. The predicted octanol–water partition coefficient (Wildman–Crippen LogP) is 3.62. The third kappa shape index (κ3) is 2.97. The molecule has 3 aromatic heterocycles. The zero-order valence-electron chi connectivity index (χ0n) is 13.0. The van der Waals surface area contributed by atoms with Crippen molar-refractivity contribution in [3.05, 3.63) is 82.4 Å². The fraction of sp³-hybridized carbons (Fsp3) is 0. The van der Waals surface area contributed by atoms with Crippen molar-refractivity contribution in [2.45, 2.75) is 0 Å². The lowest BCUT2D eigenvalue weighted by Crippen LogP contribution is -2.04. The summed E-state index contributed by atoms with van der Waals surface area (Å²) in [7, 11) is 0. The largest absolute Gasteiger partial charge is 0.339 e. The highest BCUT2D eigenvalue weighted by Gasteiger charge is 2.10. The number of aromatic nitrogens is 4. The SMILES string of the molecule is O=c1[nH]cnc2[nH]c(-c3cccnc3C=Cc3ccc(F)cc3)cc12. The Labute approximate surface area is 141 Å². The third-order valence-corrected chi connectivity index (χ3v) is 3.86. The Morgan fingerprint density at radius 3 is 2.68 bits per heavy atom. The molecule has 0 unspecified atom stereocenters. The maximum absolute atomic E-state index is 13.0. The molecule has 122 valence electrons. The number of benzene rings is 1. The summed E-state index contributed by atoms with van der Waals surface area (Å²) < 4.78 is 13.0. The average molecular weight is 332 g/mol. The Hall–Kier alpha value is -3.54. The molecule has 1 aromatic carbocycles. The molecule has 0 spiro atoms. The Balaban J connectivity index is 1.76. The minimum Gasteiger partial charge on any atom is -0.339 e. The number of aromatic amines is 2. The van der Waals surface area contributed by atoms with Crippen LogP contribution in [-0.4, -0.2) is 19.9 Å². The van der Waals surface area contributed by atoms with Crippen molar-refractivity contribution in [2.24, 2.45) is 0 Å². The molecule has 4 aromatic rings. The van der Waals surface area contributed by atoms with E-state index in [1.807, 2.05) is 24.3 Å². The zero-order chi connectivity index (χ0) is 17.2. The lowest BCUT2D eigenvalue weighted by atomic mass is 10.1. The summed E-state index contributed by atoms with van der Waals surface area (Å²) in [6.07, 6.45) is 6.77. The minimum atomic E-state index is -0.272. The normalized spacial score (nSPS) is 11.4. The molecular formula is C19H13FN4O. The first-order valence-corrected chi connectivity index (χ1v) is 7.66. The van der Waals surface area contributed by atoms with Crippen LogP contribution in [0.4, 0.5) is 4.39 Å². The van der Waals surface area contributed by atoms with Crippen LogP contribution in [0.2, 0.25) is 0 Å². The summed E-state index contributed by atoms with van der Waals surface area (Å²) in [5.41, 5.74) is 3.53. The van der Waals surface area contributed by atoms with Gasteiger partial charge in [-0.25, -0.2) is 9.37 Å². The molecule has 0 aliphatic rings. The van der Waals surface area contributed by atoms with Crippen molar-refractivity contribution >= 4 is 23.2 Å². The second kappa shape index (κ2) is 6.16. The highest BCUT2D eigenvalue weighted by atomic mass is 19.1. The van der Waals surface area contributed by atoms with E-state index in [9.17, 15) is 9.18 Å². The molecule has 0 aliphatic heterocycles. The van der Waals surface area contributed by atoms with E-state index in [0.717, 1.165) is 22.5 Å². The molecule has 5 nitrogen and oxygen atoms in total. The minimum absolute atomic E-state index is 0.195. The molecule has 0 atom stereocenters. The molecule has 0 saturated heterocycles. The van der Waals surface area contributed by atoms with Gasteiger partial charge in [-0.3, -0.25) is 9.78 Å². The fourth-order valence-corrected chi connectivity index (χ4v) is 2.62. The van der Waals surface area contributed by atoms with Gasteiger partial charge in [0.05, 0.1) is 23.1 Å². The van der Waals surface area contributed by atoms with Gasteiger partial charge in [-0.15, -0.1) is 0 Å². The maximum atomic E-state index is 13.0. The van der Waals surface area contributed by atoms with Gasteiger partial charge in [0, 0.05) is 11.8 Å². The monoisotopic (exact) mass is 332 g/mol. The lowest BCUT2D eigenvalue weighted by Gasteiger charge is -2.02. The van der Waals surface area contributed by atoms with E-state index in [0.29, 0.717) is 11.0 Å². The van der Waals surface area contributed by atoms with Gasteiger partial charge < -0.3 is 9.97 Å². The number of H-pyrrole nitrogens is 2. The Bertz CT molecular complexity index is 1130. The van der Waals surface area contributed by atoms with Crippen LogP contribution in [0.25, 0.3) is 34.4 Å². The van der Waals surface area contributed by atoms with Gasteiger partial charge in [0.1, 0.15) is 11.5 Å². The molecule has 0 aliphatic carbocycles. The highest BCUT2D eigenvalue weighted by molar-refractivity contribution is 5.85. The molecule has 0 amide bonds. The van der Waals surface area contributed by atoms with Gasteiger partial charge in [-0.2, -0.15) is 0 Å². The number of nitrogens with one attached hydrogen (secondary N) is 2. The Morgan fingerprint density at radius 1 is 1.04 bits per heavy atom. The number of hydrogen-bond acceptors (Lipinski definition) is 3. The second-order valence-corrected chi connectivity index (χ2v) is 5.50. The smallest absolute Gasteiger partial charge is 0.260 e. The molecule has 25 heavy (non-hydrogen) atoms. The summed E-state index contributed by atoms with van der Waals surface area (Å²) in [5.74, 6) is -0.272. The Kier molecular flexibility index (Phi) is 3.70. The summed E-state index contributed by atoms with van der Waals surface area (Å²) in [6.45, 7) is 0. The van der Waals surface area contributed by atoms with Crippen LogP contribution in [0.3, 0.4) is 0 Å². The number of nitrogens with zero attached hydrogens (tertiary/aromatic N) is 2. The quantitative estimate of drug-likeness (QED) is 0.602. The predicted molar refractivity (Wildman–Crippen MR) is 95.3 cm³/mol. The molecule has 0 bridgehead atoms. The van der Waals surface area contributed by atoms with E-state index in [1.54, 1.807) is 24.4 Å². The number of fused-ring (bicyclic) bond motifs is 1. The second-order valence-electron chi connectivity index (χ2n) is 5.50. The number of pyridine rings is 1. The molecule has 6 heteroatoms. The van der Waals surface area contributed by atoms with Crippen molar-refractivity contribution in [3.63, 3.8) is 0 Å². The van der Waals surface area contributed by atoms with Crippen LogP contribution in [0.5, 0.6) is 0 Å². The molecule has 2 N–H and O–H groups in total. The van der Waals surface area contributed by atoms with E-state index in [4.69, 9.17) is 0 Å². The molecule has 0 radical (unpaired) electrons. The van der Waals surface area contributed by atoms with Crippen LogP contribution in [0, 0.1) is 5.82 Å². The zero-order valence-corrected chi connectivity index (χ0v) is 13.0. The van der Waals surface area contributed by atoms with Crippen molar-refractivity contribution in [2.75, 3.05) is 0 Å². The van der Waals surface area contributed by atoms with Crippen LogP contribution >= 0.6 is 0 Å². The topological polar surface area (TPSA) is 74.4 Å². The first-order chi connectivity index (χ1) is 12.2. The van der Waals surface area contributed by atoms with E-state index in [-0.39, 0.29) is 11.4 Å². The average Bonchev–Trinajstić information content (AvgIpc) is 3.07. The van der Waals surface area contributed by atoms with Crippen molar-refractivity contribution in [3.8, 4) is 11.3 Å². The molecular weight excluding hydrogens is 319 g/mol. The first kappa shape index (κ1) is 15.0. The number of halogens is 1. The van der Waals surface area contributed by atoms with Crippen LogP contribution in [-0.2, 0) is 0 Å². The number of rotatable bonds is 3. The van der Waals surface area contributed by atoms with Gasteiger partial charge in [0.25, 0.3) is 5.56 Å². The number of hydrogen-bond donors (Lipinski definition) is 2. The molecule has 3 heterocycles. The summed E-state index contributed by atoms with van der Waals surface area (Å²) in [5, 5.41) is 0.495. The van der Waals surface area contributed by atoms with Crippen molar-refractivity contribution in [1.82, 2.24) is 19.9 Å². The van der Waals surface area contributed by atoms with E-state index >= 15 is 0 Å². The van der Waals surface area contributed by atoms with Crippen LogP contribution in [0.1, 0.15) is 11.3 Å². The van der Waals surface area contributed by atoms with E-state index in [1.165, 1.54) is 18.5 Å². The van der Waals surface area contributed by atoms with Gasteiger partial charge in [0.2, 0.25) is 0 Å². The van der Waals surface area contributed by atoms with Crippen LogP contribution < -0.4 is 5.56 Å². The van der Waals surface area contributed by atoms with Crippen LogP contribution in [0.15, 0.2) is 59.8 Å². The summed E-state index contributed by atoms with van der Waals surface area (Å²) in [6, 6.07) is 11.7.